The number of nitrogens with one attached hydrogen (secondary N) is 1. The molecule has 6 heteroatoms. The minimum atomic E-state index is -0.0175. The van der Waals surface area contributed by atoms with Crippen molar-refractivity contribution in [2.24, 2.45) is 0 Å². The monoisotopic (exact) mass is 291 g/mol. The molecule has 3 rings (SSSR count). The molecular formula is C15H25N5O. The Morgan fingerprint density at radius 1 is 1.24 bits per heavy atom. The summed E-state index contributed by atoms with van der Waals surface area (Å²) >= 11 is 0. The second-order valence-electron chi connectivity index (χ2n) is 6.06. The minimum Gasteiger partial charge on any atom is -0.336 e. The van der Waals surface area contributed by atoms with Crippen LogP contribution in [0.4, 0.5) is 0 Å². The molecule has 116 valence electrons. The molecule has 2 aliphatic rings. The quantitative estimate of drug-likeness (QED) is 0.895. The van der Waals surface area contributed by atoms with Gasteiger partial charge in [0, 0.05) is 25.0 Å². The van der Waals surface area contributed by atoms with Crippen molar-refractivity contribution in [3.8, 4) is 0 Å². The third kappa shape index (κ3) is 3.10. The van der Waals surface area contributed by atoms with E-state index in [1.54, 1.807) is 0 Å². The second-order valence-corrected chi connectivity index (χ2v) is 6.06. The maximum Gasteiger partial charge on any atom is 0.293 e. The molecule has 0 bridgehead atoms. The van der Waals surface area contributed by atoms with E-state index in [9.17, 15) is 4.79 Å². The number of nitrogens with zero attached hydrogens (tertiary/aromatic N) is 4. The first kappa shape index (κ1) is 14.5. The van der Waals surface area contributed by atoms with Gasteiger partial charge in [-0.2, -0.15) is 0 Å². The van der Waals surface area contributed by atoms with Crippen LogP contribution in [0.25, 0.3) is 0 Å². The first-order valence-corrected chi connectivity index (χ1v) is 8.18. The number of piperidine rings is 1. The Kier molecular flexibility index (Phi) is 4.24. The fourth-order valence-electron chi connectivity index (χ4n) is 3.22. The molecule has 21 heavy (non-hydrogen) atoms. The largest absolute Gasteiger partial charge is 0.336 e. The maximum atomic E-state index is 12.4. The van der Waals surface area contributed by atoms with Gasteiger partial charge in [-0.3, -0.25) is 9.89 Å². The van der Waals surface area contributed by atoms with Crippen molar-refractivity contribution in [2.75, 3.05) is 26.2 Å². The van der Waals surface area contributed by atoms with Crippen molar-refractivity contribution in [2.45, 2.75) is 51.5 Å². The topological polar surface area (TPSA) is 65.1 Å². The Morgan fingerprint density at radius 2 is 1.90 bits per heavy atom. The van der Waals surface area contributed by atoms with Gasteiger partial charge in [0.15, 0.2) is 0 Å². The molecule has 1 saturated carbocycles. The van der Waals surface area contributed by atoms with Gasteiger partial charge < -0.3 is 9.80 Å². The van der Waals surface area contributed by atoms with Gasteiger partial charge in [-0.1, -0.05) is 13.8 Å². The zero-order valence-corrected chi connectivity index (χ0v) is 13.0. The normalized spacial score (nSPS) is 20.2. The highest BCUT2D eigenvalue weighted by molar-refractivity contribution is 5.90. The SMILES string of the molecule is CCN(CC)C1CCN(C(=O)c2n[nH]c(C3CC3)n2)CC1. The molecule has 0 aromatic carbocycles. The second kappa shape index (κ2) is 6.13. The van der Waals surface area contributed by atoms with Gasteiger partial charge in [0.1, 0.15) is 5.82 Å². The van der Waals surface area contributed by atoms with Gasteiger partial charge in [0.05, 0.1) is 0 Å². The number of hydrogen-bond donors (Lipinski definition) is 1. The van der Waals surface area contributed by atoms with Crippen LogP contribution in [0.15, 0.2) is 0 Å². The van der Waals surface area contributed by atoms with E-state index in [2.05, 4.69) is 33.9 Å². The van der Waals surface area contributed by atoms with E-state index >= 15 is 0 Å². The molecule has 1 amide bonds. The Labute approximate surface area is 125 Å². The lowest BCUT2D eigenvalue weighted by Gasteiger charge is -2.37. The van der Waals surface area contributed by atoms with Crippen LogP contribution in [0.2, 0.25) is 0 Å². The third-order valence-electron chi connectivity index (χ3n) is 4.74. The predicted molar refractivity (Wildman–Crippen MR) is 80.2 cm³/mol. The van der Waals surface area contributed by atoms with E-state index in [1.807, 2.05) is 4.90 Å². The highest BCUT2D eigenvalue weighted by Crippen LogP contribution is 2.37. The lowest BCUT2D eigenvalue weighted by molar-refractivity contribution is 0.0620. The van der Waals surface area contributed by atoms with Crippen LogP contribution in [0.3, 0.4) is 0 Å². The van der Waals surface area contributed by atoms with Gasteiger partial charge >= 0.3 is 0 Å². The minimum absolute atomic E-state index is 0.0175. The summed E-state index contributed by atoms with van der Waals surface area (Å²) in [5, 5.41) is 7.02. The van der Waals surface area contributed by atoms with Crippen LogP contribution < -0.4 is 0 Å². The average Bonchev–Trinajstić information content (AvgIpc) is 3.26. The molecule has 1 aromatic rings. The highest BCUT2D eigenvalue weighted by atomic mass is 16.2. The molecular weight excluding hydrogens is 266 g/mol. The first-order valence-electron chi connectivity index (χ1n) is 8.18. The Hall–Kier alpha value is -1.43. The molecule has 0 atom stereocenters. The highest BCUT2D eigenvalue weighted by Gasteiger charge is 2.31. The van der Waals surface area contributed by atoms with E-state index in [0.717, 1.165) is 57.7 Å². The van der Waals surface area contributed by atoms with E-state index in [1.165, 1.54) is 0 Å². The number of aromatic nitrogens is 3. The molecule has 6 nitrogen and oxygen atoms in total. The third-order valence-corrected chi connectivity index (χ3v) is 4.74. The van der Waals surface area contributed by atoms with Crippen LogP contribution in [-0.4, -0.2) is 63.1 Å². The van der Waals surface area contributed by atoms with E-state index in [0.29, 0.717) is 17.8 Å². The maximum absolute atomic E-state index is 12.4. The van der Waals surface area contributed by atoms with E-state index in [-0.39, 0.29) is 5.91 Å². The molecule has 1 aromatic heterocycles. The molecule has 0 spiro atoms. The van der Waals surface area contributed by atoms with Crippen molar-refractivity contribution in [1.29, 1.82) is 0 Å². The summed E-state index contributed by atoms with van der Waals surface area (Å²) in [6.45, 7) is 8.20. The summed E-state index contributed by atoms with van der Waals surface area (Å²) < 4.78 is 0. The lowest BCUT2D eigenvalue weighted by atomic mass is 10.0. The Balaban J connectivity index is 1.56. The number of likely N-dealkylation sites (tertiary alicyclic amines) is 1. The van der Waals surface area contributed by atoms with E-state index < -0.39 is 0 Å². The summed E-state index contributed by atoms with van der Waals surface area (Å²) in [5.41, 5.74) is 0. The van der Waals surface area contributed by atoms with Crippen LogP contribution in [0, 0.1) is 0 Å². The number of aromatic amines is 1. The van der Waals surface area contributed by atoms with Crippen LogP contribution in [-0.2, 0) is 0 Å². The molecule has 2 fully saturated rings. The fraction of sp³-hybridized carbons (Fsp3) is 0.800. The van der Waals surface area contributed by atoms with Crippen molar-refractivity contribution >= 4 is 5.91 Å². The predicted octanol–water partition coefficient (Wildman–Crippen LogP) is 1.63. The van der Waals surface area contributed by atoms with Crippen LogP contribution in [0.5, 0.6) is 0 Å². The summed E-state index contributed by atoms with van der Waals surface area (Å²) in [7, 11) is 0. The number of carbonyl (C=O) groups excluding carboxylic acids is 1. The van der Waals surface area contributed by atoms with Gasteiger partial charge in [-0.05, 0) is 38.8 Å². The van der Waals surface area contributed by atoms with Gasteiger partial charge in [0.2, 0.25) is 5.82 Å². The molecule has 1 N–H and O–H groups in total. The zero-order chi connectivity index (χ0) is 14.8. The summed E-state index contributed by atoms with van der Waals surface area (Å²) in [4.78, 5) is 21.2. The standard InChI is InChI=1S/C15H25N5O/c1-3-19(4-2)12-7-9-20(10-8-12)15(21)14-16-13(17-18-14)11-5-6-11/h11-12H,3-10H2,1-2H3,(H,16,17,18). The van der Waals surface area contributed by atoms with E-state index in [4.69, 9.17) is 0 Å². The number of hydrogen-bond acceptors (Lipinski definition) is 4. The van der Waals surface area contributed by atoms with Crippen LogP contribution >= 0.6 is 0 Å². The number of carbonyl (C=O) groups is 1. The number of H-pyrrole nitrogens is 1. The molecule has 1 aliphatic carbocycles. The van der Waals surface area contributed by atoms with Crippen molar-refractivity contribution < 1.29 is 4.79 Å². The smallest absolute Gasteiger partial charge is 0.293 e. The van der Waals surface area contributed by atoms with Gasteiger partial charge in [-0.15, -0.1) is 5.10 Å². The van der Waals surface area contributed by atoms with Crippen molar-refractivity contribution in [3.05, 3.63) is 11.6 Å². The first-order chi connectivity index (χ1) is 10.2. The number of amides is 1. The molecule has 2 heterocycles. The Bertz CT molecular complexity index is 484. The van der Waals surface area contributed by atoms with Crippen LogP contribution in [0.1, 0.15) is 61.9 Å². The average molecular weight is 291 g/mol. The molecule has 0 unspecified atom stereocenters. The van der Waals surface area contributed by atoms with Gasteiger partial charge in [-0.25, -0.2) is 4.98 Å². The summed E-state index contributed by atoms with van der Waals surface area (Å²) in [6, 6.07) is 0.609. The van der Waals surface area contributed by atoms with Crippen molar-refractivity contribution in [3.63, 3.8) is 0 Å². The zero-order valence-electron chi connectivity index (χ0n) is 13.0. The Morgan fingerprint density at radius 3 is 2.48 bits per heavy atom. The molecule has 1 aliphatic heterocycles. The van der Waals surface area contributed by atoms with Crippen molar-refractivity contribution in [1.82, 2.24) is 25.0 Å². The van der Waals surface area contributed by atoms with Gasteiger partial charge in [0.25, 0.3) is 5.91 Å². The summed E-state index contributed by atoms with van der Waals surface area (Å²) in [6.07, 6.45) is 4.43. The fourth-order valence-corrected chi connectivity index (χ4v) is 3.22. The lowest BCUT2D eigenvalue weighted by Crippen LogP contribution is -2.46. The summed E-state index contributed by atoms with van der Waals surface area (Å²) in [5.74, 6) is 1.72. The molecule has 0 radical (unpaired) electrons. The number of rotatable bonds is 5. The molecule has 1 saturated heterocycles.